The van der Waals surface area contributed by atoms with Crippen molar-refractivity contribution in [2.45, 2.75) is 19.4 Å². The average molecular weight is 258 g/mol. The topological polar surface area (TPSA) is 38.0 Å². The van der Waals surface area contributed by atoms with Crippen LogP contribution in [-0.4, -0.2) is 13.1 Å². The Balaban J connectivity index is 2.13. The van der Waals surface area contributed by atoms with E-state index >= 15 is 0 Å². The highest BCUT2D eigenvalue weighted by Gasteiger charge is 2.13. The molecule has 0 spiro atoms. The number of rotatable bonds is 5. The quantitative estimate of drug-likeness (QED) is 0.639. The van der Waals surface area contributed by atoms with Crippen molar-refractivity contribution in [1.82, 2.24) is 5.32 Å². The summed E-state index contributed by atoms with van der Waals surface area (Å²) in [4.78, 5) is 0. The molecule has 0 amide bonds. The van der Waals surface area contributed by atoms with Crippen LogP contribution in [-0.2, 0) is 0 Å². The maximum absolute atomic E-state index is 5.88. The highest BCUT2D eigenvalue weighted by atomic mass is 32.1. The van der Waals surface area contributed by atoms with Gasteiger partial charge in [-0.05, 0) is 29.3 Å². The molecular weight excluding hydrogens is 240 g/mol. The lowest BCUT2D eigenvalue weighted by atomic mass is 10.1. The van der Waals surface area contributed by atoms with Gasteiger partial charge in [-0.25, -0.2) is 0 Å². The number of benzene rings is 1. The zero-order chi connectivity index (χ0) is 12.8. The SMILES string of the molecule is CC#CCCNC(CN)c1csc2ccccc12. The molecule has 1 atom stereocenters. The maximum Gasteiger partial charge on any atom is 0.0459 e. The molecular formula is C15H18N2S. The van der Waals surface area contributed by atoms with Crippen molar-refractivity contribution in [3.8, 4) is 11.8 Å². The lowest BCUT2D eigenvalue weighted by Gasteiger charge is -2.15. The van der Waals surface area contributed by atoms with Crippen molar-refractivity contribution < 1.29 is 0 Å². The third kappa shape index (κ3) is 2.91. The molecule has 0 aliphatic carbocycles. The molecule has 0 aliphatic heterocycles. The number of nitrogens with one attached hydrogen (secondary N) is 1. The molecule has 0 radical (unpaired) electrons. The summed E-state index contributed by atoms with van der Waals surface area (Å²) in [5, 5.41) is 7.00. The minimum absolute atomic E-state index is 0.222. The van der Waals surface area contributed by atoms with Crippen LogP contribution in [0.25, 0.3) is 10.1 Å². The standard InChI is InChI=1S/C15H18N2S/c1-2-3-6-9-17-14(10-16)13-11-18-15-8-5-4-7-12(13)15/h4-5,7-8,11,14,17H,6,9-10,16H2,1H3. The predicted octanol–water partition coefficient (Wildman–Crippen LogP) is 2.90. The van der Waals surface area contributed by atoms with Gasteiger partial charge in [0.05, 0.1) is 0 Å². The van der Waals surface area contributed by atoms with E-state index in [0.29, 0.717) is 6.54 Å². The van der Waals surface area contributed by atoms with E-state index in [2.05, 4.69) is 46.8 Å². The molecule has 0 bridgehead atoms. The number of nitrogens with two attached hydrogens (primary N) is 1. The number of hydrogen-bond acceptors (Lipinski definition) is 3. The summed E-state index contributed by atoms with van der Waals surface area (Å²) in [6.07, 6.45) is 0.870. The number of thiophene rings is 1. The minimum atomic E-state index is 0.222. The van der Waals surface area contributed by atoms with Gasteiger partial charge in [0.1, 0.15) is 0 Å². The zero-order valence-electron chi connectivity index (χ0n) is 10.6. The molecule has 2 aromatic rings. The average Bonchev–Trinajstić information content (AvgIpc) is 2.83. The van der Waals surface area contributed by atoms with Crippen LogP contribution in [0.1, 0.15) is 24.9 Å². The molecule has 0 saturated heterocycles. The molecule has 0 saturated carbocycles. The maximum atomic E-state index is 5.88. The summed E-state index contributed by atoms with van der Waals surface area (Å²) in [6.45, 7) is 3.36. The second-order valence-corrected chi connectivity index (χ2v) is 5.02. The van der Waals surface area contributed by atoms with E-state index in [4.69, 9.17) is 5.73 Å². The molecule has 1 aromatic heterocycles. The Morgan fingerprint density at radius 3 is 3.00 bits per heavy atom. The first kappa shape index (κ1) is 13.1. The van der Waals surface area contributed by atoms with E-state index in [9.17, 15) is 0 Å². The molecule has 3 N–H and O–H groups in total. The Bertz CT molecular complexity index is 562. The van der Waals surface area contributed by atoms with E-state index < -0.39 is 0 Å². The number of hydrogen-bond donors (Lipinski definition) is 2. The molecule has 1 unspecified atom stereocenters. The normalized spacial score (nSPS) is 12.1. The Labute approximate surface area is 112 Å². The fourth-order valence-corrected chi connectivity index (χ4v) is 3.04. The molecule has 1 heterocycles. The summed E-state index contributed by atoms with van der Waals surface area (Å²) < 4.78 is 1.32. The third-order valence-corrected chi connectivity index (χ3v) is 3.92. The van der Waals surface area contributed by atoms with Crippen molar-refractivity contribution in [3.05, 3.63) is 35.2 Å². The highest BCUT2D eigenvalue weighted by Crippen LogP contribution is 2.29. The zero-order valence-corrected chi connectivity index (χ0v) is 11.4. The molecule has 2 rings (SSSR count). The lowest BCUT2D eigenvalue weighted by molar-refractivity contribution is 0.555. The van der Waals surface area contributed by atoms with Crippen molar-refractivity contribution in [2.24, 2.45) is 5.73 Å². The van der Waals surface area contributed by atoms with Crippen LogP contribution in [0.3, 0.4) is 0 Å². The first-order valence-electron chi connectivity index (χ1n) is 6.16. The van der Waals surface area contributed by atoms with E-state index in [-0.39, 0.29) is 6.04 Å². The van der Waals surface area contributed by atoms with Crippen LogP contribution in [0.4, 0.5) is 0 Å². The van der Waals surface area contributed by atoms with E-state index in [1.165, 1.54) is 15.6 Å². The van der Waals surface area contributed by atoms with Crippen LogP contribution in [0.2, 0.25) is 0 Å². The monoisotopic (exact) mass is 258 g/mol. The summed E-state index contributed by atoms with van der Waals surface area (Å²) in [7, 11) is 0. The van der Waals surface area contributed by atoms with Gasteiger partial charge in [-0.3, -0.25) is 0 Å². The van der Waals surface area contributed by atoms with E-state index in [1.54, 1.807) is 11.3 Å². The van der Waals surface area contributed by atoms with Gasteiger partial charge in [0, 0.05) is 30.3 Å². The van der Waals surface area contributed by atoms with Gasteiger partial charge in [-0.1, -0.05) is 18.2 Å². The van der Waals surface area contributed by atoms with Crippen LogP contribution < -0.4 is 11.1 Å². The van der Waals surface area contributed by atoms with E-state index in [0.717, 1.165) is 13.0 Å². The Morgan fingerprint density at radius 2 is 2.22 bits per heavy atom. The Hall–Kier alpha value is -1.34. The van der Waals surface area contributed by atoms with Gasteiger partial charge in [0.25, 0.3) is 0 Å². The van der Waals surface area contributed by atoms with Crippen molar-refractivity contribution in [2.75, 3.05) is 13.1 Å². The van der Waals surface area contributed by atoms with Gasteiger partial charge in [-0.2, -0.15) is 0 Å². The first-order chi connectivity index (χ1) is 8.86. The second kappa shape index (κ2) is 6.55. The second-order valence-electron chi connectivity index (χ2n) is 4.11. The third-order valence-electron chi connectivity index (χ3n) is 2.94. The molecule has 18 heavy (non-hydrogen) atoms. The van der Waals surface area contributed by atoms with Crippen LogP contribution in [0.5, 0.6) is 0 Å². The molecule has 3 heteroatoms. The van der Waals surface area contributed by atoms with Crippen molar-refractivity contribution >= 4 is 21.4 Å². The predicted molar refractivity (Wildman–Crippen MR) is 79.7 cm³/mol. The smallest absolute Gasteiger partial charge is 0.0459 e. The summed E-state index contributed by atoms with van der Waals surface area (Å²) >= 11 is 1.78. The van der Waals surface area contributed by atoms with Crippen molar-refractivity contribution in [1.29, 1.82) is 0 Å². The molecule has 94 valence electrons. The van der Waals surface area contributed by atoms with Crippen LogP contribution in [0, 0.1) is 11.8 Å². The lowest BCUT2D eigenvalue weighted by Crippen LogP contribution is -2.28. The van der Waals surface area contributed by atoms with Gasteiger partial charge in [0.15, 0.2) is 0 Å². The fourth-order valence-electron chi connectivity index (χ4n) is 2.02. The highest BCUT2D eigenvalue weighted by molar-refractivity contribution is 7.17. The first-order valence-corrected chi connectivity index (χ1v) is 7.04. The molecule has 0 aliphatic rings. The number of fused-ring (bicyclic) bond motifs is 1. The largest absolute Gasteiger partial charge is 0.329 e. The molecule has 0 fully saturated rings. The van der Waals surface area contributed by atoms with Crippen LogP contribution in [0.15, 0.2) is 29.6 Å². The van der Waals surface area contributed by atoms with Crippen LogP contribution >= 0.6 is 11.3 Å². The summed E-state index contributed by atoms with van der Waals surface area (Å²) in [5.74, 6) is 5.96. The van der Waals surface area contributed by atoms with Gasteiger partial charge < -0.3 is 11.1 Å². The molecule has 1 aromatic carbocycles. The van der Waals surface area contributed by atoms with Gasteiger partial charge in [0.2, 0.25) is 0 Å². The molecule has 2 nitrogen and oxygen atoms in total. The van der Waals surface area contributed by atoms with E-state index in [1.807, 2.05) is 6.92 Å². The minimum Gasteiger partial charge on any atom is -0.329 e. The fraction of sp³-hybridized carbons (Fsp3) is 0.333. The summed E-state index contributed by atoms with van der Waals surface area (Å²) in [5.41, 5.74) is 7.18. The Morgan fingerprint density at radius 1 is 1.39 bits per heavy atom. The van der Waals surface area contributed by atoms with Gasteiger partial charge in [-0.15, -0.1) is 23.2 Å². The summed E-state index contributed by atoms with van der Waals surface area (Å²) in [6, 6.07) is 8.69. The van der Waals surface area contributed by atoms with Gasteiger partial charge >= 0.3 is 0 Å². The Kier molecular flexibility index (Phi) is 4.77. The van der Waals surface area contributed by atoms with Crippen molar-refractivity contribution in [3.63, 3.8) is 0 Å².